The molecule has 4 rings (SSSR count). The second-order valence-electron chi connectivity index (χ2n) is 8.27. The van der Waals surface area contributed by atoms with Gasteiger partial charge in [-0.2, -0.15) is 0 Å². The predicted molar refractivity (Wildman–Crippen MR) is 116 cm³/mol. The van der Waals surface area contributed by atoms with Gasteiger partial charge in [0.1, 0.15) is 5.75 Å². The van der Waals surface area contributed by atoms with Crippen molar-refractivity contribution in [1.29, 1.82) is 0 Å². The van der Waals surface area contributed by atoms with Crippen molar-refractivity contribution in [1.82, 2.24) is 10.2 Å². The maximum atomic E-state index is 12.4. The fourth-order valence-corrected chi connectivity index (χ4v) is 4.51. The van der Waals surface area contributed by atoms with Crippen LogP contribution in [0.4, 0.5) is 0 Å². The molecule has 2 aromatic carbocycles. The van der Waals surface area contributed by atoms with Gasteiger partial charge < -0.3 is 10.1 Å². The number of nitrogens with one attached hydrogen (secondary N) is 1. The third kappa shape index (κ3) is 5.39. The lowest BCUT2D eigenvalue weighted by atomic mass is 9.91. The zero-order valence-electron chi connectivity index (χ0n) is 17.3. The molecule has 1 N–H and O–H groups in total. The minimum Gasteiger partial charge on any atom is -0.483 e. The molecule has 29 heavy (non-hydrogen) atoms. The number of fused-ring (bicyclic) bond motifs is 1. The van der Waals surface area contributed by atoms with E-state index in [1.165, 1.54) is 67.4 Å². The molecular weight excluding hydrogens is 360 g/mol. The number of hydrogen-bond acceptors (Lipinski definition) is 3. The number of piperidine rings is 1. The first-order chi connectivity index (χ1) is 14.3. The average molecular weight is 393 g/mol. The normalized spacial score (nSPS) is 16.8. The SMILES string of the molecule is O=C(COc1cccc2c1CCCC2)NCc1ccccc1CN1CCCCC1. The highest BCUT2D eigenvalue weighted by molar-refractivity contribution is 5.77. The van der Waals surface area contributed by atoms with Gasteiger partial charge in [-0.25, -0.2) is 0 Å². The number of carbonyl (C=O) groups excluding carboxylic acids is 1. The van der Waals surface area contributed by atoms with E-state index in [0.29, 0.717) is 6.54 Å². The van der Waals surface area contributed by atoms with Crippen LogP contribution < -0.4 is 10.1 Å². The number of aryl methyl sites for hydroxylation is 1. The topological polar surface area (TPSA) is 41.6 Å². The van der Waals surface area contributed by atoms with Gasteiger partial charge in [0.25, 0.3) is 5.91 Å². The number of rotatable bonds is 7. The van der Waals surface area contributed by atoms with E-state index in [1.807, 2.05) is 18.2 Å². The molecule has 1 heterocycles. The summed E-state index contributed by atoms with van der Waals surface area (Å²) >= 11 is 0. The summed E-state index contributed by atoms with van der Waals surface area (Å²) in [5.41, 5.74) is 5.18. The molecule has 2 aliphatic rings. The monoisotopic (exact) mass is 392 g/mol. The second kappa shape index (κ2) is 9.93. The Morgan fingerprint density at radius 1 is 0.897 bits per heavy atom. The summed E-state index contributed by atoms with van der Waals surface area (Å²) in [5.74, 6) is 0.814. The molecule has 0 atom stereocenters. The van der Waals surface area contributed by atoms with Gasteiger partial charge in [-0.1, -0.05) is 42.8 Å². The molecule has 0 radical (unpaired) electrons. The Labute approximate surface area is 174 Å². The van der Waals surface area contributed by atoms with E-state index in [2.05, 4.69) is 34.5 Å². The van der Waals surface area contributed by atoms with E-state index >= 15 is 0 Å². The van der Waals surface area contributed by atoms with Crippen LogP contribution >= 0.6 is 0 Å². The minimum absolute atomic E-state index is 0.0637. The Kier molecular flexibility index (Phi) is 6.83. The number of likely N-dealkylation sites (tertiary alicyclic amines) is 1. The van der Waals surface area contributed by atoms with Gasteiger partial charge in [-0.15, -0.1) is 0 Å². The van der Waals surface area contributed by atoms with E-state index < -0.39 is 0 Å². The first-order valence-corrected chi connectivity index (χ1v) is 11.1. The fourth-order valence-electron chi connectivity index (χ4n) is 4.51. The number of benzene rings is 2. The van der Waals surface area contributed by atoms with E-state index in [1.54, 1.807) is 0 Å². The summed E-state index contributed by atoms with van der Waals surface area (Å²) in [4.78, 5) is 14.9. The number of ether oxygens (including phenoxy) is 1. The van der Waals surface area contributed by atoms with E-state index in [9.17, 15) is 4.79 Å². The molecule has 1 saturated heterocycles. The Morgan fingerprint density at radius 2 is 1.69 bits per heavy atom. The molecule has 1 aliphatic heterocycles. The van der Waals surface area contributed by atoms with Crippen molar-refractivity contribution in [2.75, 3.05) is 19.7 Å². The first kappa shape index (κ1) is 20.0. The van der Waals surface area contributed by atoms with Crippen molar-refractivity contribution in [3.05, 3.63) is 64.7 Å². The highest BCUT2D eigenvalue weighted by Gasteiger charge is 2.15. The zero-order chi connectivity index (χ0) is 19.9. The van der Waals surface area contributed by atoms with Gasteiger partial charge in [0.2, 0.25) is 0 Å². The van der Waals surface area contributed by atoms with Crippen molar-refractivity contribution in [3.63, 3.8) is 0 Å². The van der Waals surface area contributed by atoms with Crippen LogP contribution in [0.2, 0.25) is 0 Å². The highest BCUT2D eigenvalue weighted by atomic mass is 16.5. The molecular formula is C25H32N2O2. The van der Waals surface area contributed by atoms with Crippen molar-refractivity contribution < 1.29 is 9.53 Å². The van der Waals surface area contributed by atoms with Crippen molar-refractivity contribution in [3.8, 4) is 5.75 Å². The molecule has 0 aromatic heterocycles. The molecule has 1 aliphatic carbocycles. The standard InChI is InChI=1S/C25H32N2O2/c28-25(19-29-24-14-8-12-20-9-4-5-13-23(20)24)26-17-21-10-2-3-11-22(21)18-27-15-6-1-7-16-27/h2-3,8,10-12,14H,1,4-7,9,13,15-19H2,(H,26,28). The third-order valence-electron chi connectivity index (χ3n) is 6.15. The summed E-state index contributed by atoms with van der Waals surface area (Å²) < 4.78 is 5.89. The summed E-state index contributed by atoms with van der Waals surface area (Å²) in [5, 5.41) is 3.04. The predicted octanol–water partition coefficient (Wildman–Crippen LogP) is 4.25. The van der Waals surface area contributed by atoms with Gasteiger partial charge >= 0.3 is 0 Å². The molecule has 1 amide bonds. The van der Waals surface area contributed by atoms with Gasteiger partial charge in [0.15, 0.2) is 6.61 Å². The quantitative estimate of drug-likeness (QED) is 0.766. The van der Waals surface area contributed by atoms with Gasteiger partial charge in [-0.3, -0.25) is 9.69 Å². The van der Waals surface area contributed by atoms with Crippen LogP contribution in [-0.4, -0.2) is 30.5 Å². The summed E-state index contributed by atoms with van der Waals surface area (Å²) in [6.07, 6.45) is 8.54. The smallest absolute Gasteiger partial charge is 0.258 e. The van der Waals surface area contributed by atoms with Gasteiger partial charge in [0, 0.05) is 13.1 Å². The largest absolute Gasteiger partial charge is 0.483 e. The summed E-state index contributed by atoms with van der Waals surface area (Å²) in [6.45, 7) is 3.95. The Balaban J connectivity index is 1.30. The molecule has 0 saturated carbocycles. The van der Waals surface area contributed by atoms with Crippen LogP contribution in [0, 0.1) is 0 Å². The lowest BCUT2D eigenvalue weighted by Crippen LogP contribution is -2.31. The molecule has 0 spiro atoms. The molecule has 4 nitrogen and oxygen atoms in total. The van der Waals surface area contributed by atoms with Crippen LogP contribution in [0.5, 0.6) is 5.75 Å². The van der Waals surface area contributed by atoms with Crippen LogP contribution in [0.25, 0.3) is 0 Å². The van der Waals surface area contributed by atoms with Gasteiger partial charge in [-0.05, 0) is 79.9 Å². The van der Waals surface area contributed by atoms with Crippen molar-refractivity contribution in [2.45, 2.75) is 58.0 Å². The lowest BCUT2D eigenvalue weighted by Gasteiger charge is -2.27. The van der Waals surface area contributed by atoms with E-state index in [-0.39, 0.29) is 12.5 Å². The summed E-state index contributed by atoms with van der Waals surface area (Å²) in [7, 11) is 0. The van der Waals surface area contributed by atoms with Crippen LogP contribution in [0.1, 0.15) is 54.4 Å². The molecule has 1 fully saturated rings. The van der Waals surface area contributed by atoms with Crippen molar-refractivity contribution >= 4 is 5.91 Å². The summed E-state index contributed by atoms with van der Waals surface area (Å²) in [6, 6.07) is 14.7. The number of hydrogen-bond donors (Lipinski definition) is 1. The Hall–Kier alpha value is -2.33. The highest BCUT2D eigenvalue weighted by Crippen LogP contribution is 2.29. The minimum atomic E-state index is -0.0637. The molecule has 4 heteroatoms. The lowest BCUT2D eigenvalue weighted by molar-refractivity contribution is -0.123. The molecule has 154 valence electrons. The van der Waals surface area contributed by atoms with E-state index in [4.69, 9.17) is 4.74 Å². The third-order valence-corrected chi connectivity index (χ3v) is 6.15. The molecule has 0 unspecified atom stereocenters. The molecule has 0 bridgehead atoms. The number of nitrogens with zero attached hydrogens (tertiary/aromatic N) is 1. The zero-order valence-corrected chi connectivity index (χ0v) is 17.3. The van der Waals surface area contributed by atoms with Crippen LogP contribution in [0.15, 0.2) is 42.5 Å². The molecule has 2 aromatic rings. The number of amides is 1. The fraction of sp³-hybridized carbons (Fsp3) is 0.480. The van der Waals surface area contributed by atoms with E-state index in [0.717, 1.165) is 25.1 Å². The first-order valence-electron chi connectivity index (χ1n) is 11.1. The maximum absolute atomic E-state index is 12.4. The van der Waals surface area contributed by atoms with Gasteiger partial charge in [0.05, 0.1) is 0 Å². The van der Waals surface area contributed by atoms with Crippen LogP contribution in [-0.2, 0) is 30.7 Å². The van der Waals surface area contributed by atoms with Crippen molar-refractivity contribution in [2.24, 2.45) is 0 Å². The Bertz CT molecular complexity index is 827. The average Bonchev–Trinajstić information content (AvgIpc) is 2.78. The Morgan fingerprint density at radius 3 is 2.55 bits per heavy atom. The maximum Gasteiger partial charge on any atom is 0.258 e. The van der Waals surface area contributed by atoms with Crippen LogP contribution in [0.3, 0.4) is 0 Å². The second-order valence-corrected chi connectivity index (χ2v) is 8.27. The number of carbonyl (C=O) groups is 1.